The van der Waals surface area contributed by atoms with Crippen molar-refractivity contribution < 1.29 is 14.6 Å². The van der Waals surface area contributed by atoms with Gasteiger partial charge < -0.3 is 4.79 Å². The third-order valence-corrected chi connectivity index (χ3v) is 3.65. The lowest BCUT2D eigenvalue weighted by Crippen LogP contribution is -2.00. The van der Waals surface area contributed by atoms with Gasteiger partial charge in [0.2, 0.25) is 11.4 Å². The molecule has 0 rings (SSSR count). The second-order valence-electron chi connectivity index (χ2n) is 5.72. The van der Waals surface area contributed by atoms with Gasteiger partial charge >= 0.3 is 0 Å². The van der Waals surface area contributed by atoms with Gasteiger partial charge in [-0.2, -0.15) is 0 Å². The van der Waals surface area contributed by atoms with Crippen LogP contribution in [-0.4, -0.2) is 16.1 Å². The van der Waals surface area contributed by atoms with Gasteiger partial charge in [0.15, 0.2) is 0 Å². The molecule has 0 radical (unpaired) electrons. The highest BCUT2D eigenvalue weighted by Gasteiger charge is 2.11. The fraction of sp³-hybridized carbons (Fsp3) is 0.611. The fourth-order valence-electron chi connectivity index (χ4n) is 2.20. The van der Waals surface area contributed by atoms with E-state index >= 15 is 0 Å². The Labute approximate surface area is 148 Å². The Morgan fingerprint density at radius 1 is 0.880 bits per heavy atom. The standard InChI is InChI=1S/C18H28N2O5/c1-2-3-8-12-17(19(22)23)14-11-15-18(20(24)25)13-9-6-4-5-7-10-16-21/h6,9,14-16H,2-5,7-8,10-13H2,1H3/b9-6-,17-14+,18-15+. The molecule has 0 N–H and O–H groups in total. The van der Waals surface area contributed by atoms with E-state index in [1.807, 2.05) is 13.0 Å². The summed E-state index contributed by atoms with van der Waals surface area (Å²) in [5.41, 5.74) is 0.162. The van der Waals surface area contributed by atoms with Crippen LogP contribution in [0.4, 0.5) is 0 Å². The quantitative estimate of drug-likeness (QED) is 0.136. The second kappa shape index (κ2) is 15.2. The fourth-order valence-corrected chi connectivity index (χ4v) is 2.20. The first-order valence-corrected chi connectivity index (χ1v) is 8.78. The van der Waals surface area contributed by atoms with Crippen LogP contribution >= 0.6 is 0 Å². The molecule has 0 bridgehead atoms. The lowest BCUT2D eigenvalue weighted by Gasteiger charge is -1.98. The molecule has 0 heterocycles. The number of nitro groups is 2. The number of hydrogen-bond acceptors (Lipinski definition) is 5. The smallest absolute Gasteiger partial charge is 0.246 e. The molecule has 0 aromatic carbocycles. The first kappa shape index (κ1) is 22.7. The van der Waals surface area contributed by atoms with Gasteiger partial charge in [0.1, 0.15) is 6.29 Å². The molecule has 0 fully saturated rings. The largest absolute Gasteiger partial charge is 0.303 e. The molecule has 140 valence electrons. The average Bonchev–Trinajstić information content (AvgIpc) is 2.57. The van der Waals surface area contributed by atoms with Gasteiger partial charge in [-0.3, -0.25) is 20.2 Å². The van der Waals surface area contributed by atoms with Gasteiger partial charge in [-0.1, -0.05) is 31.9 Å². The molecule has 0 aliphatic carbocycles. The predicted molar refractivity (Wildman–Crippen MR) is 97.2 cm³/mol. The lowest BCUT2D eigenvalue weighted by atomic mass is 10.1. The van der Waals surface area contributed by atoms with Crippen molar-refractivity contribution in [3.8, 4) is 0 Å². The van der Waals surface area contributed by atoms with Crippen LogP contribution in [0, 0.1) is 20.2 Å². The van der Waals surface area contributed by atoms with E-state index in [1.54, 1.807) is 6.08 Å². The summed E-state index contributed by atoms with van der Waals surface area (Å²) in [5.74, 6) is 0. The van der Waals surface area contributed by atoms with E-state index in [2.05, 4.69) is 0 Å². The maximum Gasteiger partial charge on any atom is 0.246 e. The van der Waals surface area contributed by atoms with Crippen LogP contribution in [-0.2, 0) is 4.79 Å². The molecule has 0 unspecified atom stereocenters. The van der Waals surface area contributed by atoms with Gasteiger partial charge in [0.25, 0.3) is 0 Å². The predicted octanol–water partition coefficient (Wildman–Crippen LogP) is 4.98. The number of unbranched alkanes of at least 4 members (excludes halogenated alkanes) is 5. The van der Waals surface area contributed by atoms with Crippen LogP contribution in [0.25, 0.3) is 0 Å². The number of rotatable bonds is 15. The summed E-state index contributed by atoms with van der Waals surface area (Å²) in [6, 6.07) is 0. The summed E-state index contributed by atoms with van der Waals surface area (Å²) in [6.07, 6.45) is 13.8. The normalized spacial score (nSPS) is 12.5. The Hall–Kier alpha value is -2.31. The number of aldehydes is 1. The third kappa shape index (κ3) is 12.7. The van der Waals surface area contributed by atoms with Gasteiger partial charge in [-0.25, -0.2) is 0 Å². The minimum atomic E-state index is -0.451. The Balaban J connectivity index is 4.51. The van der Waals surface area contributed by atoms with E-state index in [1.165, 1.54) is 12.2 Å². The Morgan fingerprint density at radius 2 is 1.52 bits per heavy atom. The van der Waals surface area contributed by atoms with Crippen LogP contribution in [0.3, 0.4) is 0 Å². The van der Waals surface area contributed by atoms with Crippen LogP contribution in [0.1, 0.15) is 71.1 Å². The Kier molecular flexibility index (Phi) is 13.8. The summed E-state index contributed by atoms with van der Waals surface area (Å²) >= 11 is 0. The number of allylic oxidation sites excluding steroid dienone is 5. The molecule has 0 saturated heterocycles. The second-order valence-corrected chi connectivity index (χ2v) is 5.72. The van der Waals surface area contributed by atoms with Crippen LogP contribution < -0.4 is 0 Å². The molecular weight excluding hydrogens is 324 g/mol. The van der Waals surface area contributed by atoms with Gasteiger partial charge in [-0.15, -0.1) is 0 Å². The van der Waals surface area contributed by atoms with Crippen molar-refractivity contribution in [3.63, 3.8) is 0 Å². The van der Waals surface area contributed by atoms with Gasteiger partial charge in [0, 0.05) is 12.8 Å². The number of carbonyl (C=O) groups is 1. The first-order chi connectivity index (χ1) is 12.0. The SMILES string of the molecule is CCCCC/C(=C\C/C=C(\C/C=C\CCCCC=O)[N+](=O)[O-])[N+](=O)[O-]. The van der Waals surface area contributed by atoms with E-state index in [0.717, 1.165) is 44.8 Å². The molecule has 0 atom stereocenters. The molecule has 0 aromatic heterocycles. The molecule has 0 saturated carbocycles. The first-order valence-electron chi connectivity index (χ1n) is 8.78. The maximum absolute atomic E-state index is 11.0. The highest BCUT2D eigenvalue weighted by atomic mass is 16.6. The topological polar surface area (TPSA) is 103 Å². The van der Waals surface area contributed by atoms with E-state index in [-0.39, 0.29) is 24.2 Å². The monoisotopic (exact) mass is 352 g/mol. The minimum absolute atomic E-state index is 0.0386. The van der Waals surface area contributed by atoms with E-state index in [9.17, 15) is 25.0 Å². The van der Waals surface area contributed by atoms with Crippen molar-refractivity contribution in [2.45, 2.75) is 71.1 Å². The van der Waals surface area contributed by atoms with Gasteiger partial charge in [-0.05, 0) is 44.3 Å². The van der Waals surface area contributed by atoms with Crippen LogP contribution in [0.5, 0.6) is 0 Å². The Morgan fingerprint density at radius 3 is 2.12 bits per heavy atom. The zero-order valence-electron chi connectivity index (χ0n) is 14.9. The zero-order chi connectivity index (χ0) is 18.9. The zero-order valence-corrected chi connectivity index (χ0v) is 14.9. The molecule has 25 heavy (non-hydrogen) atoms. The van der Waals surface area contributed by atoms with Crippen LogP contribution in [0.2, 0.25) is 0 Å². The van der Waals surface area contributed by atoms with Crippen molar-refractivity contribution in [1.29, 1.82) is 0 Å². The number of hydrogen-bond donors (Lipinski definition) is 0. The van der Waals surface area contributed by atoms with E-state index < -0.39 is 9.85 Å². The highest BCUT2D eigenvalue weighted by molar-refractivity contribution is 5.48. The highest BCUT2D eigenvalue weighted by Crippen LogP contribution is 2.12. The van der Waals surface area contributed by atoms with E-state index in [0.29, 0.717) is 12.8 Å². The molecule has 0 spiro atoms. The molecular formula is C18H28N2O5. The third-order valence-electron chi connectivity index (χ3n) is 3.65. The molecule has 0 aliphatic heterocycles. The average molecular weight is 352 g/mol. The number of carbonyl (C=O) groups excluding carboxylic acids is 1. The minimum Gasteiger partial charge on any atom is -0.303 e. The van der Waals surface area contributed by atoms with Crippen molar-refractivity contribution in [1.82, 2.24) is 0 Å². The van der Waals surface area contributed by atoms with Crippen molar-refractivity contribution in [3.05, 3.63) is 55.9 Å². The summed E-state index contributed by atoms with van der Waals surface area (Å²) in [6.45, 7) is 2.03. The molecule has 0 aromatic rings. The summed E-state index contributed by atoms with van der Waals surface area (Å²) in [5, 5.41) is 22.0. The Bertz CT molecular complexity index is 510. The summed E-state index contributed by atoms with van der Waals surface area (Å²) in [7, 11) is 0. The molecule has 0 amide bonds. The molecule has 7 heteroatoms. The van der Waals surface area contributed by atoms with Crippen LogP contribution in [0.15, 0.2) is 35.7 Å². The summed E-state index contributed by atoms with van der Waals surface area (Å²) in [4.78, 5) is 31.3. The van der Waals surface area contributed by atoms with Gasteiger partial charge in [0.05, 0.1) is 16.3 Å². The van der Waals surface area contributed by atoms with Crippen molar-refractivity contribution >= 4 is 6.29 Å². The maximum atomic E-state index is 11.0. The molecule has 7 nitrogen and oxygen atoms in total. The lowest BCUT2D eigenvalue weighted by molar-refractivity contribution is -0.428. The number of nitrogens with zero attached hydrogens (tertiary/aromatic N) is 2. The summed E-state index contributed by atoms with van der Waals surface area (Å²) < 4.78 is 0. The molecule has 0 aliphatic rings. The van der Waals surface area contributed by atoms with E-state index in [4.69, 9.17) is 0 Å². The van der Waals surface area contributed by atoms with Crippen molar-refractivity contribution in [2.24, 2.45) is 0 Å². The van der Waals surface area contributed by atoms with Crippen molar-refractivity contribution in [2.75, 3.05) is 0 Å².